The highest BCUT2D eigenvalue weighted by atomic mass is 79.9. The molecule has 1 N–H and O–H groups in total. The average Bonchev–Trinajstić information content (AvgIpc) is 2.43. The van der Waals surface area contributed by atoms with Crippen molar-refractivity contribution in [2.75, 3.05) is 52.0 Å². The smallest absolute Gasteiger partial charge is 0.0700 e. The number of hydrogen-bond donors (Lipinski definition) is 1. The Labute approximate surface area is 123 Å². The summed E-state index contributed by atoms with van der Waals surface area (Å²) in [5.74, 6) is 0. The summed E-state index contributed by atoms with van der Waals surface area (Å²) in [6, 6.07) is 8.10. The summed E-state index contributed by atoms with van der Waals surface area (Å²) in [5, 5.41) is 3.30. The van der Waals surface area contributed by atoms with Gasteiger partial charge in [0.2, 0.25) is 0 Å². The van der Waals surface area contributed by atoms with Crippen molar-refractivity contribution >= 4 is 21.6 Å². The van der Waals surface area contributed by atoms with E-state index in [1.807, 2.05) is 24.3 Å². The lowest BCUT2D eigenvalue weighted by Crippen LogP contribution is -2.11. The van der Waals surface area contributed by atoms with E-state index in [1.54, 1.807) is 7.11 Å². The van der Waals surface area contributed by atoms with Crippen molar-refractivity contribution in [3.63, 3.8) is 0 Å². The summed E-state index contributed by atoms with van der Waals surface area (Å²) in [6.45, 7) is 4.28. The van der Waals surface area contributed by atoms with Gasteiger partial charge in [0.15, 0.2) is 0 Å². The second-order valence-electron chi connectivity index (χ2n) is 4.00. The molecule has 0 fully saturated rings. The Kier molecular flexibility index (Phi) is 9.71. The number of methoxy groups -OCH3 is 1. The lowest BCUT2D eigenvalue weighted by molar-refractivity contribution is 0.0529. The topological polar surface area (TPSA) is 39.7 Å². The first-order chi connectivity index (χ1) is 9.33. The van der Waals surface area contributed by atoms with Crippen molar-refractivity contribution in [2.24, 2.45) is 0 Å². The monoisotopic (exact) mass is 331 g/mol. The van der Waals surface area contributed by atoms with Crippen LogP contribution in [0.4, 0.5) is 5.69 Å². The fourth-order valence-corrected chi connectivity index (χ4v) is 1.71. The van der Waals surface area contributed by atoms with Crippen molar-refractivity contribution in [2.45, 2.75) is 6.42 Å². The molecule has 108 valence electrons. The highest BCUT2D eigenvalue weighted by molar-refractivity contribution is 9.10. The minimum absolute atomic E-state index is 0.651. The number of anilines is 1. The van der Waals surface area contributed by atoms with Gasteiger partial charge >= 0.3 is 0 Å². The molecule has 1 aromatic carbocycles. The van der Waals surface area contributed by atoms with E-state index in [9.17, 15) is 0 Å². The summed E-state index contributed by atoms with van der Waals surface area (Å²) in [7, 11) is 1.67. The minimum atomic E-state index is 0.651. The van der Waals surface area contributed by atoms with Gasteiger partial charge in [-0.1, -0.05) is 15.9 Å². The molecule has 0 saturated carbocycles. The van der Waals surface area contributed by atoms with Crippen LogP contribution in [0.2, 0.25) is 0 Å². The van der Waals surface area contributed by atoms with E-state index >= 15 is 0 Å². The van der Waals surface area contributed by atoms with Crippen LogP contribution in [0.15, 0.2) is 28.7 Å². The maximum Gasteiger partial charge on any atom is 0.0700 e. The molecule has 1 rings (SSSR count). The van der Waals surface area contributed by atoms with Crippen LogP contribution in [0.5, 0.6) is 0 Å². The number of rotatable bonds is 11. The molecule has 5 heteroatoms. The van der Waals surface area contributed by atoms with Crippen molar-refractivity contribution in [1.82, 2.24) is 0 Å². The first kappa shape index (κ1) is 16.4. The molecule has 0 saturated heterocycles. The van der Waals surface area contributed by atoms with Gasteiger partial charge < -0.3 is 19.5 Å². The standard InChI is InChI=1S/C14H22BrNO3/c1-17-11-12-19-9-2-8-18-10-7-16-14-5-3-13(15)4-6-14/h3-6,16H,2,7-12H2,1H3. The van der Waals surface area contributed by atoms with Crippen molar-refractivity contribution in [3.05, 3.63) is 28.7 Å². The van der Waals surface area contributed by atoms with Gasteiger partial charge in [0.05, 0.1) is 19.8 Å². The van der Waals surface area contributed by atoms with Gasteiger partial charge in [-0.2, -0.15) is 0 Å². The molecule has 0 aliphatic heterocycles. The third kappa shape index (κ3) is 8.99. The van der Waals surface area contributed by atoms with Crippen molar-refractivity contribution < 1.29 is 14.2 Å². The van der Waals surface area contributed by atoms with E-state index in [0.29, 0.717) is 19.8 Å². The lowest BCUT2D eigenvalue weighted by atomic mass is 10.3. The van der Waals surface area contributed by atoms with Crippen molar-refractivity contribution in [3.8, 4) is 0 Å². The second kappa shape index (κ2) is 11.2. The maximum atomic E-state index is 5.50. The SMILES string of the molecule is COCCOCCCOCCNc1ccc(Br)cc1. The molecule has 0 aliphatic rings. The van der Waals surface area contributed by atoms with E-state index in [0.717, 1.165) is 36.3 Å². The molecule has 1 aromatic rings. The van der Waals surface area contributed by atoms with Crippen LogP contribution in [0.1, 0.15) is 6.42 Å². The predicted molar refractivity (Wildman–Crippen MR) is 80.8 cm³/mol. The van der Waals surface area contributed by atoms with E-state index in [4.69, 9.17) is 14.2 Å². The maximum absolute atomic E-state index is 5.50. The van der Waals surface area contributed by atoms with Gasteiger partial charge in [0, 0.05) is 37.0 Å². The molecular formula is C14H22BrNO3. The fourth-order valence-electron chi connectivity index (χ4n) is 1.44. The van der Waals surface area contributed by atoms with Gasteiger partial charge in [0.1, 0.15) is 0 Å². The molecule has 0 unspecified atom stereocenters. The van der Waals surface area contributed by atoms with Gasteiger partial charge in [-0.05, 0) is 30.7 Å². The van der Waals surface area contributed by atoms with E-state index in [2.05, 4.69) is 21.2 Å². The largest absolute Gasteiger partial charge is 0.383 e. The molecular weight excluding hydrogens is 310 g/mol. The summed E-state index contributed by atoms with van der Waals surface area (Å²) in [5.41, 5.74) is 1.11. The molecule has 0 bridgehead atoms. The second-order valence-corrected chi connectivity index (χ2v) is 4.92. The summed E-state index contributed by atoms with van der Waals surface area (Å²) < 4.78 is 16.8. The summed E-state index contributed by atoms with van der Waals surface area (Å²) >= 11 is 3.41. The predicted octanol–water partition coefficient (Wildman–Crippen LogP) is 2.93. The van der Waals surface area contributed by atoms with Gasteiger partial charge in [-0.3, -0.25) is 0 Å². The van der Waals surface area contributed by atoms with Crippen LogP contribution in [-0.4, -0.2) is 46.7 Å². The normalized spacial score (nSPS) is 10.6. The van der Waals surface area contributed by atoms with Crippen molar-refractivity contribution in [1.29, 1.82) is 0 Å². The van der Waals surface area contributed by atoms with Crippen LogP contribution in [0, 0.1) is 0 Å². The van der Waals surface area contributed by atoms with Gasteiger partial charge in [-0.25, -0.2) is 0 Å². The third-order valence-corrected chi connectivity index (χ3v) is 2.96. The quantitative estimate of drug-likeness (QED) is 0.633. The van der Waals surface area contributed by atoms with Crippen LogP contribution in [0.25, 0.3) is 0 Å². The minimum Gasteiger partial charge on any atom is -0.383 e. The zero-order chi connectivity index (χ0) is 13.8. The average molecular weight is 332 g/mol. The molecule has 0 radical (unpaired) electrons. The highest BCUT2D eigenvalue weighted by Gasteiger charge is 1.93. The number of benzene rings is 1. The number of hydrogen-bond acceptors (Lipinski definition) is 4. The Balaban J connectivity index is 1.87. The molecule has 19 heavy (non-hydrogen) atoms. The summed E-state index contributed by atoms with van der Waals surface area (Å²) in [6.07, 6.45) is 0.919. The van der Waals surface area contributed by atoms with Crippen LogP contribution < -0.4 is 5.32 Å². The Morgan fingerprint density at radius 1 is 0.947 bits per heavy atom. The fraction of sp³-hybridized carbons (Fsp3) is 0.571. The highest BCUT2D eigenvalue weighted by Crippen LogP contribution is 2.13. The Bertz CT molecular complexity index is 319. The van der Waals surface area contributed by atoms with Gasteiger partial charge in [-0.15, -0.1) is 0 Å². The number of ether oxygens (including phenoxy) is 3. The van der Waals surface area contributed by atoms with E-state index in [1.165, 1.54) is 0 Å². The lowest BCUT2D eigenvalue weighted by Gasteiger charge is -2.08. The Hall–Kier alpha value is -0.620. The number of halogens is 1. The van der Waals surface area contributed by atoms with E-state index < -0.39 is 0 Å². The van der Waals surface area contributed by atoms with Gasteiger partial charge in [0.25, 0.3) is 0 Å². The molecule has 0 aliphatic carbocycles. The Morgan fingerprint density at radius 2 is 1.63 bits per heavy atom. The zero-order valence-electron chi connectivity index (χ0n) is 11.4. The third-order valence-electron chi connectivity index (χ3n) is 2.43. The summed E-state index contributed by atoms with van der Waals surface area (Å²) in [4.78, 5) is 0. The van der Waals surface area contributed by atoms with Crippen LogP contribution >= 0.6 is 15.9 Å². The first-order valence-electron chi connectivity index (χ1n) is 6.47. The molecule has 0 aromatic heterocycles. The molecule has 0 atom stereocenters. The molecule has 0 amide bonds. The Morgan fingerprint density at radius 3 is 2.32 bits per heavy atom. The molecule has 4 nitrogen and oxygen atoms in total. The molecule has 0 spiro atoms. The van der Waals surface area contributed by atoms with E-state index in [-0.39, 0.29) is 0 Å². The molecule has 0 heterocycles. The van der Waals surface area contributed by atoms with Crippen LogP contribution in [-0.2, 0) is 14.2 Å². The first-order valence-corrected chi connectivity index (χ1v) is 7.26. The zero-order valence-corrected chi connectivity index (χ0v) is 12.9. The number of nitrogens with one attached hydrogen (secondary N) is 1. The van der Waals surface area contributed by atoms with Crippen LogP contribution in [0.3, 0.4) is 0 Å².